The first-order valence-electron chi connectivity index (χ1n) is 7.00. The monoisotopic (exact) mass is 322 g/mol. The molecule has 0 saturated carbocycles. The fourth-order valence-corrected chi connectivity index (χ4v) is 3.17. The summed E-state index contributed by atoms with van der Waals surface area (Å²) >= 11 is 3.35. The molecule has 21 heavy (non-hydrogen) atoms. The lowest BCUT2D eigenvalue weighted by Gasteiger charge is -2.24. The molecule has 0 saturated heterocycles. The maximum Gasteiger partial charge on any atom is 0.191 e. The zero-order valence-electron chi connectivity index (χ0n) is 12.9. The van der Waals surface area contributed by atoms with Gasteiger partial charge in [-0.05, 0) is 24.6 Å². The van der Waals surface area contributed by atoms with Crippen molar-refractivity contribution in [3.05, 3.63) is 28.5 Å². The number of thiophene rings is 1. The molecule has 4 nitrogen and oxygen atoms in total. The maximum atomic E-state index is 4.52. The van der Waals surface area contributed by atoms with E-state index in [1.54, 1.807) is 23.1 Å². The lowest BCUT2D eigenvalue weighted by atomic mass is 9.91. The Kier molecular flexibility index (Phi) is 5.47. The molecule has 0 unspecified atom stereocenters. The number of nitrogens with one attached hydrogen (secondary N) is 2. The summed E-state index contributed by atoms with van der Waals surface area (Å²) in [5, 5.41) is 9.60. The molecule has 0 atom stereocenters. The Morgan fingerprint density at radius 3 is 2.52 bits per heavy atom. The normalized spacial score (nSPS) is 11.4. The van der Waals surface area contributed by atoms with Crippen LogP contribution >= 0.6 is 23.1 Å². The van der Waals surface area contributed by atoms with E-state index in [0.29, 0.717) is 0 Å². The van der Waals surface area contributed by atoms with Crippen LogP contribution in [0.4, 0.5) is 11.6 Å². The minimum Gasteiger partial charge on any atom is -0.370 e. The van der Waals surface area contributed by atoms with Gasteiger partial charge in [-0.25, -0.2) is 9.97 Å². The first kappa shape index (κ1) is 16.1. The van der Waals surface area contributed by atoms with Crippen molar-refractivity contribution in [2.75, 3.05) is 30.0 Å². The van der Waals surface area contributed by atoms with Gasteiger partial charge in [0.15, 0.2) is 5.16 Å². The summed E-state index contributed by atoms with van der Waals surface area (Å²) in [6.07, 6.45) is 1.99. The van der Waals surface area contributed by atoms with Gasteiger partial charge < -0.3 is 10.6 Å². The van der Waals surface area contributed by atoms with Gasteiger partial charge in [0.25, 0.3) is 0 Å². The topological polar surface area (TPSA) is 49.8 Å². The average Bonchev–Trinajstić information content (AvgIpc) is 3.00. The van der Waals surface area contributed by atoms with Crippen LogP contribution in [0.5, 0.6) is 0 Å². The lowest BCUT2D eigenvalue weighted by Crippen LogP contribution is -2.27. The third-order valence-electron chi connectivity index (χ3n) is 3.15. The van der Waals surface area contributed by atoms with Crippen molar-refractivity contribution in [2.24, 2.45) is 0 Å². The highest BCUT2D eigenvalue weighted by Crippen LogP contribution is 2.28. The summed E-state index contributed by atoms with van der Waals surface area (Å²) in [6.45, 7) is 8.24. The Bertz CT molecular complexity index is 567. The Morgan fingerprint density at radius 2 is 1.95 bits per heavy atom. The fourth-order valence-electron chi connectivity index (χ4n) is 1.94. The Hall–Kier alpha value is -1.27. The van der Waals surface area contributed by atoms with Crippen LogP contribution in [0.15, 0.2) is 28.7 Å². The van der Waals surface area contributed by atoms with Crippen LogP contribution in [0.1, 0.15) is 25.6 Å². The molecule has 2 aromatic heterocycles. The van der Waals surface area contributed by atoms with Gasteiger partial charge in [-0.15, -0.1) is 11.3 Å². The molecule has 2 heterocycles. The second kappa shape index (κ2) is 7.13. The van der Waals surface area contributed by atoms with Crippen molar-refractivity contribution in [3.8, 4) is 0 Å². The van der Waals surface area contributed by atoms with Gasteiger partial charge >= 0.3 is 0 Å². The number of thioether (sulfide) groups is 1. The molecule has 6 heteroatoms. The summed E-state index contributed by atoms with van der Waals surface area (Å²) in [5.74, 6) is 1.74. The molecule has 0 bridgehead atoms. The van der Waals surface area contributed by atoms with E-state index in [9.17, 15) is 0 Å². The van der Waals surface area contributed by atoms with Gasteiger partial charge in [0.05, 0.1) is 0 Å². The summed E-state index contributed by atoms with van der Waals surface area (Å²) < 4.78 is 0. The summed E-state index contributed by atoms with van der Waals surface area (Å²) in [6, 6.07) is 6.25. The summed E-state index contributed by atoms with van der Waals surface area (Å²) in [5.41, 5.74) is 0.0803. The molecule has 0 radical (unpaired) electrons. The van der Waals surface area contributed by atoms with E-state index in [4.69, 9.17) is 0 Å². The highest BCUT2D eigenvalue weighted by Gasteiger charge is 2.21. The van der Waals surface area contributed by atoms with E-state index >= 15 is 0 Å². The van der Waals surface area contributed by atoms with Crippen LogP contribution < -0.4 is 10.6 Å². The van der Waals surface area contributed by atoms with Crippen LogP contribution in [-0.2, 0) is 5.41 Å². The van der Waals surface area contributed by atoms with E-state index < -0.39 is 0 Å². The third kappa shape index (κ3) is 4.35. The molecule has 0 spiro atoms. The van der Waals surface area contributed by atoms with E-state index in [1.807, 2.05) is 12.3 Å². The first-order valence-corrected chi connectivity index (χ1v) is 9.10. The number of hydrogen-bond donors (Lipinski definition) is 2. The second-order valence-corrected chi connectivity index (χ2v) is 7.09. The van der Waals surface area contributed by atoms with Crippen LogP contribution in [0.3, 0.4) is 0 Å². The van der Waals surface area contributed by atoms with Gasteiger partial charge in [-0.3, -0.25) is 0 Å². The molecule has 0 aliphatic heterocycles. The molecular weight excluding hydrogens is 300 g/mol. The van der Waals surface area contributed by atoms with Crippen molar-refractivity contribution < 1.29 is 0 Å². The van der Waals surface area contributed by atoms with Crippen LogP contribution in [0.25, 0.3) is 0 Å². The molecular formula is C15H22N4S2. The van der Waals surface area contributed by atoms with Crippen LogP contribution in [0, 0.1) is 0 Å². The Labute approximate surface area is 134 Å². The predicted octanol–water partition coefficient (Wildman–Crippen LogP) is 4.08. The number of aromatic nitrogens is 2. The SMILES string of the molecule is CCNc1cc(NCC(C)(C)c2cccs2)nc(SC)n1. The second-order valence-electron chi connectivity index (χ2n) is 5.37. The number of hydrogen-bond acceptors (Lipinski definition) is 6. The molecule has 0 amide bonds. The largest absolute Gasteiger partial charge is 0.370 e. The molecule has 2 rings (SSSR count). The predicted molar refractivity (Wildman–Crippen MR) is 93.8 cm³/mol. The minimum absolute atomic E-state index is 0.0803. The Morgan fingerprint density at radius 1 is 1.24 bits per heavy atom. The third-order valence-corrected chi connectivity index (χ3v) is 4.93. The summed E-state index contributed by atoms with van der Waals surface area (Å²) in [4.78, 5) is 10.3. The van der Waals surface area contributed by atoms with E-state index in [1.165, 1.54) is 4.88 Å². The minimum atomic E-state index is 0.0803. The average molecular weight is 323 g/mol. The van der Waals surface area contributed by atoms with Crippen LogP contribution in [-0.4, -0.2) is 29.3 Å². The van der Waals surface area contributed by atoms with Gasteiger partial charge in [0.1, 0.15) is 11.6 Å². The molecule has 0 aliphatic carbocycles. The number of nitrogens with zero attached hydrogens (tertiary/aromatic N) is 2. The van der Waals surface area contributed by atoms with Crippen molar-refractivity contribution >= 4 is 34.7 Å². The maximum absolute atomic E-state index is 4.52. The van der Waals surface area contributed by atoms with Gasteiger partial charge in [0, 0.05) is 29.4 Å². The van der Waals surface area contributed by atoms with E-state index in [0.717, 1.165) is 29.9 Å². The van der Waals surface area contributed by atoms with E-state index in [-0.39, 0.29) is 5.41 Å². The van der Waals surface area contributed by atoms with Gasteiger partial charge in [0.2, 0.25) is 0 Å². The quantitative estimate of drug-likeness (QED) is 0.594. The summed E-state index contributed by atoms with van der Waals surface area (Å²) in [7, 11) is 0. The molecule has 114 valence electrons. The standard InChI is InChI=1S/C15H22N4S2/c1-5-16-12-9-13(19-14(18-12)20-4)17-10-15(2,3)11-7-6-8-21-11/h6-9H,5,10H2,1-4H3,(H2,16,17,18,19). The molecule has 2 N–H and O–H groups in total. The smallest absolute Gasteiger partial charge is 0.191 e. The van der Waals surface area contributed by atoms with Crippen LogP contribution in [0.2, 0.25) is 0 Å². The molecule has 2 aromatic rings. The van der Waals surface area contributed by atoms with Crippen molar-refractivity contribution in [1.29, 1.82) is 0 Å². The Balaban J connectivity index is 2.10. The molecule has 0 fully saturated rings. The number of anilines is 2. The van der Waals surface area contributed by atoms with E-state index in [2.05, 4.69) is 58.9 Å². The van der Waals surface area contributed by atoms with Gasteiger partial charge in [-0.2, -0.15) is 0 Å². The highest BCUT2D eigenvalue weighted by molar-refractivity contribution is 7.98. The molecule has 0 aliphatic rings. The lowest BCUT2D eigenvalue weighted by molar-refractivity contribution is 0.568. The zero-order chi connectivity index (χ0) is 15.3. The fraction of sp³-hybridized carbons (Fsp3) is 0.467. The first-order chi connectivity index (χ1) is 10.0. The van der Waals surface area contributed by atoms with Crippen molar-refractivity contribution in [2.45, 2.75) is 31.3 Å². The van der Waals surface area contributed by atoms with Crippen molar-refractivity contribution in [3.63, 3.8) is 0 Å². The zero-order valence-corrected chi connectivity index (χ0v) is 14.6. The van der Waals surface area contributed by atoms with Crippen molar-refractivity contribution in [1.82, 2.24) is 9.97 Å². The molecule has 0 aromatic carbocycles. The number of rotatable bonds is 7. The highest BCUT2D eigenvalue weighted by atomic mass is 32.2. The van der Waals surface area contributed by atoms with Gasteiger partial charge in [-0.1, -0.05) is 31.7 Å².